The zero-order chi connectivity index (χ0) is 14.8. The Morgan fingerprint density at radius 1 is 1.37 bits per heavy atom. The summed E-state index contributed by atoms with van der Waals surface area (Å²) in [5, 5.41) is 8.93. The molecule has 0 aliphatic rings. The zero-order valence-electron chi connectivity index (χ0n) is 12.2. The first kappa shape index (κ1) is 15.6. The molecule has 4 heteroatoms. The van der Waals surface area contributed by atoms with E-state index in [0.29, 0.717) is 18.2 Å². The van der Waals surface area contributed by atoms with Crippen LogP contribution >= 0.6 is 0 Å². The Hall–Kier alpha value is -1.42. The van der Waals surface area contributed by atoms with E-state index in [0.717, 1.165) is 6.07 Å². The molecule has 1 atom stereocenters. The summed E-state index contributed by atoms with van der Waals surface area (Å²) >= 11 is 0. The van der Waals surface area contributed by atoms with E-state index in [2.05, 4.69) is 32.6 Å². The number of carboxylic acids is 1. The third kappa shape index (κ3) is 4.31. The van der Waals surface area contributed by atoms with Gasteiger partial charge >= 0.3 is 5.97 Å². The molecule has 3 nitrogen and oxygen atoms in total. The van der Waals surface area contributed by atoms with Crippen molar-refractivity contribution in [3.8, 4) is 0 Å². The van der Waals surface area contributed by atoms with Crippen LogP contribution in [-0.2, 0) is 6.54 Å². The summed E-state index contributed by atoms with van der Waals surface area (Å²) in [4.78, 5) is 13.0. The van der Waals surface area contributed by atoms with Crippen molar-refractivity contribution in [3.05, 3.63) is 35.1 Å². The van der Waals surface area contributed by atoms with E-state index < -0.39 is 11.8 Å². The topological polar surface area (TPSA) is 40.5 Å². The van der Waals surface area contributed by atoms with Gasteiger partial charge in [-0.15, -0.1) is 0 Å². The van der Waals surface area contributed by atoms with Crippen molar-refractivity contribution >= 4 is 5.97 Å². The highest BCUT2D eigenvalue weighted by Crippen LogP contribution is 2.24. The van der Waals surface area contributed by atoms with Crippen LogP contribution in [0, 0.1) is 11.2 Å². The number of benzene rings is 1. The normalized spacial score (nSPS) is 13.6. The molecule has 0 aromatic heterocycles. The highest BCUT2D eigenvalue weighted by molar-refractivity contribution is 5.87. The summed E-state index contributed by atoms with van der Waals surface area (Å²) in [6.45, 7) is 9.06. The van der Waals surface area contributed by atoms with Crippen molar-refractivity contribution in [2.24, 2.45) is 5.41 Å². The lowest BCUT2D eigenvalue weighted by Crippen LogP contribution is -2.38. The van der Waals surface area contributed by atoms with E-state index in [4.69, 9.17) is 5.11 Å². The van der Waals surface area contributed by atoms with Crippen LogP contribution in [0.5, 0.6) is 0 Å². The standard InChI is InChI=1S/C15H22FNO2/c1-10(15(2,3)4)17(5)9-11-6-12(14(18)19)8-13(16)7-11/h6-8,10H,9H2,1-5H3,(H,18,19). The van der Waals surface area contributed by atoms with Gasteiger partial charge in [-0.3, -0.25) is 4.90 Å². The number of rotatable bonds is 4. The second-order valence-corrected chi connectivity index (χ2v) is 6.11. The molecule has 0 radical (unpaired) electrons. The minimum atomic E-state index is -1.10. The van der Waals surface area contributed by atoms with Crippen LogP contribution in [-0.4, -0.2) is 29.1 Å². The van der Waals surface area contributed by atoms with Crippen LogP contribution in [0.3, 0.4) is 0 Å². The number of hydrogen-bond donors (Lipinski definition) is 1. The summed E-state index contributed by atoms with van der Waals surface area (Å²) in [6, 6.07) is 4.25. The van der Waals surface area contributed by atoms with Gasteiger partial charge in [0.1, 0.15) is 5.82 Å². The Bertz CT molecular complexity index is 466. The van der Waals surface area contributed by atoms with Gasteiger partial charge in [0.15, 0.2) is 0 Å². The average Bonchev–Trinajstić information content (AvgIpc) is 2.25. The first-order chi connectivity index (χ1) is 8.61. The van der Waals surface area contributed by atoms with Crippen molar-refractivity contribution in [1.29, 1.82) is 0 Å². The number of nitrogens with zero attached hydrogens (tertiary/aromatic N) is 1. The van der Waals surface area contributed by atoms with E-state index in [9.17, 15) is 9.18 Å². The molecule has 0 heterocycles. The van der Waals surface area contributed by atoms with Crippen LogP contribution in [0.2, 0.25) is 0 Å². The van der Waals surface area contributed by atoms with E-state index in [1.54, 1.807) is 0 Å². The molecule has 0 saturated heterocycles. The van der Waals surface area contributed by atoms with Gasteiger partial charge in [0.2, 0.25) is 0 Å². The molecule has 0 aliphatic carbocycles. The molecule has 0 aliphatic heterocycles. The maximum Gasteiger partial charge on any atom is 0.335 e. The van der Waals surface area contributed by atoms with Crippen molar-refractivity contribution in [2.45, 2.75) is 40.3 Å². The molecule has 0 amide bonds. The second-order valence-electron chi connectivity index (χ2n) is 6.11. The number of halogens is 1. The van der Waals surface area contributed by atoms with Crippen molar-refractivity contribution in [2.75, 3.05) is 7.05 Å². The Morgan fingerprint density at radius 3 is 2.42 bits per heavy atom. The predicted octanol–water partition coefficient (Wildman–Crippen LogP) is 3.39. The highest BCUT2D eigenvalue weighted by Gasteiger charge is 2.24. The smallest absolute Gasteiger partial charge is 0.335 e. The lowest BCUT2D eigenvalue weighted by molar-refractivity contribution is 0.0696. The quantitative estimate of drug-likeness (QED) is 0.909. The molecule has 0 bridgehead atoms. The van der Waals surface area contributed by atoms with E-state index in [1.165, 1.54) is 12.1 Å². The van der Waals surface area contributed by atoms with Crippen LogP contribution in [0.15, 0.2) is 18.2 Å². The summed E-state index contributed by atoms with van der Waals surface area (Å²) in [6.07, 6.45) is 0. The minimum absolute atomic E-state index is 0.00758. The van der Waals surface area contributed by atoms with E-state index >= 15 is 0 Å². The van der Waals surface area contributed by atoms with Crippen molar-refractivity contribution in [1.82, 2.24) is 4.90 Å². The molecule has 0 spiro atoms. The molecule has 106 valence electrons. The fourth-order valence-electron chi connectivity index (χ4n) is 1.95. The average molecular weight is 267 g/mol. The predicted molar refractivity (Wildman–Crippen MR) is 73.7 cm³/mol. The van der Waals surface area contributed by atoms with Crippen LogP contribution < -0.4 is 0 Å². The molecule has 0 fully saturated rings. The second kappa shape index (κ2) is 5.70. The number of carbonyl (C=O) groups is 1. The highest BCUT2D eigenvalue weighted by atomic mass is 19.1. The van der Waals surface area contributed by atoms with Crippen molar-refractivity contribution < 1.29 is 14.3 Å². The van der Waals surface area contributed by atoms with Crippen LogP contribution in [0.4, 0.5) is 4.39 Å². The van der Waals surface area contributed by atoms with Gasteiger partial charge in [0.05, 0.1) is 5.56 Å². The maximum absolute atomic E-state index is 13.4. The molecule has 1 aromatic rings. The van der Waals surface area contributed by atoms with Crippen molar-refractivity contribution in [3.63, 3.8) is 0 Å². The number of carboxylic acid groups (broad SMARTS) is 1. The lowest BCUT2D eigenvalue weighted by atomic mass is 9.87. The summed E-state index contributed by atoms with van der Waals surface area (Å²) in [5.41, 5.74) is 0.778. The molecule has 1 rings (SSSR count). The summed E-state index contributed by atoms with van der Waals surface area (Å²) in [5.74, 6) is -1.61. The largest absolute Gasteiger partial charge is 0.478 e. The Balaban J connectivity index is 2.91. The molecule has 1 unspecified atom stereocenters. The molecular weight excluding hydrogens is 245 g/mol. The number of hydrogen-bond acceptors (Lipinski definition) is 2. The van der Waals surface area contributed by atoms with Gasteiger partial charge in [0.25, 0.3) is 0 Å². The van der Waals surface area contributed by atoms with Crippen LogP contribution in [0.25, 0.3) is 0 Å². The van der Waals surface area contributed by atoms with E-state index in [-0.39, 0.29) is 11.0 Å². The SMILES string of the molecule is CC(N(C)Cc1cc(F)cc(C(=O)O)c1)C(C)(C)C. The Labute approximate surface area is 114 Å². The first-order valence-electron chi connectivity index (χ1n) is 6.34. The van der Waals surface area contributed by atoms with Gasteiger partial charge in [-0.2, -0.15) is 0 Å². The summed E-state index contributed by atoms with van der Waals surface area (Å²) in [7, 11) is 1.96. The fourth-order valence-corrected chi connectivity index (χ4v) is 1.95. The summed E-state index contributed by atoms with van der Waals surface area (Å²) < 4.78 is 13.4. The molecule has 0 saturated carbocycles. The first-order valence-corrected chi connectivity index (χ1v) is 6.34. The monoisotopic (exact) mass is 267 g/mol. The minimum Gasteiger partial charge on any atom is -0.478 e. The Morgan fingerprint density at radius 2 is 1.95 bits per heavy atom. The Kier molecular flexibility index (Phi) is 4.69. The molecule has 1 N–H and O–H groups in total. The fraction of sp³-hybridized carbons (Fsp3) is 0.533. The number of aromatic carboxylic acids is 1. The third-order valence-corrected chi connectivity index (χ3v) is 3.55. The molecular formula is C15H22FNO2. The van der Waals surface area contributed by atoms with Gasteiger partial charge in [0, 0.05) is 12.6 Å². The van der Waals surface area contributed by atoms with Gasteiger partial charge in [-0.1, -0.05) is 20.8 Å². The van der Waals surface area contributed by atoms with Gasteiger partial charge in [-0.25, -0.2) is 9.18 Å². The van der Waals surface area contributed by atoms with Gasteiger partial charge in [-0.05, 0) is 43.1 Å². The molecule has 19 heavy (non-hydrogen) atoms. The zero-order valence-corrected chi connectivity index (χ0v) is 12.2. The van der Waals surface area contributed by atoms with Crippen LogP contribution in [0.1, 0.15) is 43.6 Å². The maximum atomic E-state index is 13.4. The lowest BCUT2D eigenvalue weighted by Gasteiger charge is -2.35. The third-order valence-electron chi connectivity index (χ3n) is 3.55. The van der Waals surface area contributed by atoms with Gasteiger partial charge < -0.3 is 5.11 Å². The van der Waals surface area contributed by atoms with E-state index in [1.807, 2.05) is 7.05 Å². The molecule has 1 aromatic carbocycles.